The Hall–Kier alpha value is -19.4. The van der Waals surface area contributed by atoms with Crippen molar-refractivity contribution in [1.82, 2.24) is 0 Å². The second-order valence-corrected chi connectivity index (χ2v) is 29.6. The highest BCUT2D eigenvalue weighted by molar-refractivity contribution is 5.91. The van der Waals surface area contributed by atoms with Crippen LogP contribution in [0, 0.1) is 431 Å². The summed E-state index contributed by atoms with van der Waals surface area (Å²) in [5.41, 5.74) is 0.293. The third-order valence-corrected chi connectivity index (χ3v) is 20.1. The van der Waals surface area contributed by atoms with E-state index < -0.39 is 99.3 Å². The molecule has 139 heavy (non-hydrogen) atoms. The van der Waals surface area contributed by atoms with Crippen molar-refractivity contribution in [2.75, 3.05) is 33.2 Å². The van der Waals surface area contributed by atoms with Gasteiger partial charge in [0, 0.05) is 141 Å². The molecule has 802 valence electrons. The molecule has 10 atom stereocenters. The lowest BCUT2D eigenvalue weighted by Crippen LogP contribution is -2.54. The van der Waals surface area contributed by atoms with Gasteiger partial charge in [0.2, 0.25) is 6.79 Å². The molecule has 0 amide bonds. The van der Waals surface area contributed by atoms with Crippen LogP contribution in [0.5, 0.6) is 0 Å². The Balaban J connectivity index is -0.0000000284. The Morgan fingerprint density at radius 2 is 0.626 bits per heavy atom. The number of unbranched alkanes of at least 4 members (excludes halogenated alkanes) is 2. The van der Waals surface area contributed by atoms with Gasteiger partial charge in [0.25, 0.3) is 0 Å². The number of carbonyl (C=O) groups is 10. The third kappa shape index (κ3) is 55.4. The second kappa shape index (κ2) is 73.3. The van der Waals surface area contributed by atoms with E-state index in [0.717, 1.165) is 57.8 Å². The van der Waals surface area contributed by atoms with Gasteiger partial charge < -0.3 is 47.7 Å². The molecule has 4 rings (SSSR count). The Morgan fingerprint density at radius 3 is 0.935 bits per heavy atom. The second-order valence-electron chi connectivity index (χ2n) is 29.6. The molecule has 0 radical (unpaired) electrons. The molecule has 20 heteroatoms. The van der Waals surface area contributed by atoms with Crippen LogP contribution < -0.4 is 0 Å². The minimum Gasteiger partial charge on any atom is -0.481 e. The van der Waals surface area contributed by atoms with Crippen LogP contribution in [0.2, 0.25) is 0 Å². The number of aliphatic carboxylic acids is 1. The molecule has 0 heterocycles. The molecule has 20 nitrogen and oxygen atoms in total. The first-order valence-corrected chi connectivity index (χ1v) is 43.0. The van der Waals surface area contributed by atoms with Gasteiger partial charge in [-0.25, -0.2) is 24.0 Å². The van der Waals surface area contributed by atoms with Crippen LogP contribution >= 0.6 is 0 Å². The van der Waals surface area contributed by atoms with E-state index in [0.29, 0.717) is 68.0 Å². The summed E-state index contributed by atoms with van der Waals surface area (Å²) in [5.74, 6) is 152. The van der Waals surface area contributed by atoms with E-state index in [9.17, 15) is 47.9 Å². The normalized spacial score (nSPS) is 15.4. The number of fused-ring (bicyclic) bond motifs is 5. The Kier molecular flexibility index (Phi) is 60.0. The average molecular weight is 1960 g/mol. The van der Waals surface area contributed by atoms with Crippen molar-refractivity contribution >= 4 is 59.7 Å². The molecule has 2 unspecified atom stereocenters. The SMILES string of the molecule is CC#CC#CC#CC#CC#CC#CC#CC#CC(=O)OCC(COC(=O)C#CC#CC#CC#CC#CC#CC#CC#CC)OC(=O)CC(C)CCCCC(=O)O.CC#CC#CC#CC#CC#CC#CC#CC#CC(=O)OCC(COC(=O)C#CC#CC#CC#CC#CC#CC#CC#CC)OC(=O)CC(C)CCCCC(=O)OCOC(=O)O[C@@H]1CC[C@@]2(C)[C@@H](CC[C@@H]3[C@@H]2CC[C@]2(C)[C@@H](C(C)=O)CC[C@@H]32)C1.[HH].[HH].[HH].[HH].[HH].[HH].[HH].[HH].[HH].[HH].[HH].[HH].[HH].[HH].[HH].[HH].[HH].[HH].[HH].[HH].[HH].[HH].[HH].[HH].[HH].[HH].[HH].[HH].[HH].[HH].[HH].[HH].[HH].[HH].[HH].[HH].[HH].[HH].[HH].[HH].[HH].[HH].[HH].[HH].[HH].[HH].[HH].[HH].[HH].[HH].[HH].[HH].[HH].[HH].[HH].[HH].[HH].[HH].[HH].[HH]. The summed E-state index contributed by atoms with van der Waals surface area (Å²) in [5, 5.41) is 8.78. The summed E-state index contributed by atoms with van der Waals surface area (Å²) < 4.78 is 47.3. The lowest BCUT2D eigenvalue weighted by Gasteiger charge is -2.61. The van der Waals surface area contributed by atoms with E-state index >= 15 is 0 Å². The molecular weight excluding hydrogens is 1750 g/mol. The van der Waals surface area contributed by atoms with Gasteiger partial charge in [-0.1, -0.05) is 77.1 Å². The van der Waals surface area contributed by atoms with E-state index in [2.05, 4.69) is 393 Å². The summed E-state index contributed by atoms with van der Waals surface area (Å²) in [7, 11) is 0. The Bertz CT molecular complexity index is 6820. The van der Waals surface area contributed by atoms with Crippen LogP contribution in [-0.4, -0.2) is 116 Å². The molecular formula is C119H206O20. The fourth-order valence-electron chi connectivity index (χ4n) is 14.3. The number of hydrogen-bond acceptors (Lipinski definition) is 19. The van der Waals surface area contributed by atoms with Gasteiger partial charge in [0.1, 0.15) is 38.3 Å². The molecule has 0 bridgehead atoms. The van der Waals surface area contributed by atoms with E-state index in [-0.39, 0.29) is 146 Å². The van der Waals surface area contributed by atoms with Gasteiger partial charge >= 0.3 is 53.9 Å². The summed E-state index contributed by atoms with van der Waals surface area (Å²) in [4.78, 5) is 123. The molecule has 0 aromatic rings. The zero-order valence-corrected chi connectivity index (χ0v) is 77.9. The van der Waals surface area contributed by atoms with Crippen LogP contribution in [0.25, 0.3) is 0 Å². The van der Waals surface area contributed by atoms with E-state index in [4.69, 9.17) is 47.7 Å². The van der Waals surface area contributed by atoms with Crippen molar-refractivity contribution in [2.24, 2.45) is 52.3 Å². The van der Waals surface area contributed by atoms with Crippen LogP contribution in [0.15, 0.2) is 0 Å². The molecule has 0 saturated heterocycles. The van der Waals surface area contributed by atoms with Crippen molar-refractivity contribution in [1.29, 1.82) is 0 Å². The molecule has 0 aromatic carbocycles. The first-order chi connectivity index (χ1) is 67.5. The van der Waals surface area contributed by atoms with Gasteiger partial charge in [-0.15, -0.1) is 0 Å². The summed E-state index contributed by atoms with van der Waals surface area (Å²) >= 11 is 0. The highest BCUT2D eigenvalue weighted by Gasteiger charge is 2.61. The molecule has 0 aromatic heterocycles. The number of esters is 7. The first-order valence-electron chi connectivity index (χ1n) is 43.0. The number of ether oxygens (including phenoxy) is 9. The van der Waals surface area contributed by atoms with E-state index in [1.165, 1.54) is 0 Å². The summed E-state index contributed by atoms with van der Waals surface area (Å²) in [6, 6.07) is 0. The largest absolute Gasteiger partial charge is 0.511 e. The predicted octanol–water partition coefficient (Wildman–Crippen LogP) is 23.4. The molecule has 1 N–H and O–H groups in total. The maximum absolute atomic E-state index is 13.0. The predicted molar refractivity (Wildman–Crippen MR) is 642 cm³/mol. The third-order valence-electron chi connectivity index (χ3n) is 20.1. The number of Topliss-reactive ketones (excluding diaryl/α,β-unsaturated/α-hetero) is 1. The van der Waals surface area contributed by atoms with Crippen molar-refractivity contribution in [3.63, 3.8) is 0 Å². The van der Waals surface area contributed by atoms with Gasteiger partial charge in [0.15, 0.2) is 12.2 Å². The lowest BCUT2D eigenvalue weighted by molar-refractivity contribution is -0.164. The Labute approximate surface area is 906 Å². The molecule has 4 saturated carbocycles. The fraction of sp³-hybridized carbons (Fsp3) is 0.378. The quantitative estimate of drug-likeness (QED) is 0.0190. The van der Waals surface area contributed by atoms with Gasteiger partial charge in [-0.2, -0.15) is 0 Å². The number of hydrogen-bond donors (Lipinski definition) is 1. The number of rotatable bonds is 28. The Morgan fingerprint density at radius 1 is 0.331 bits per heavy atom. The number of ketones is 1. The molecule has 0 aliphatic heterocycles. The zero-order chi connectivity index (χ0) is 101. The highest BCUT2D eigenvalue weighted by atomic mass is 16.8. The van der Waals surface area contributed by atoms with Gasteiger partial charge in [-0.3, -0.25) is 24.0 Å². The smallest absolute Gasteiger partial charge is 0.481 e. The van der Waals surface area contributed by atoms with Crippen LogP contribution in [0.4, 0.5) is 4.79 Å². The lowest BCUT2D eigenvalue weighted by atomic mass is 9.44. The topological polar surface area (TPSA) is 274 Å². The summed E-state index contributed by atoms with van der Waals surface area (Å²) in [6.45, 7) is 14.2. The van der Waals surface area contributed by atoms with E-state index in [1.54, 1.807) is 41.5 Å². The number of carboxylic acid groups (broad SMARTS) is 1. The van der Waals surface area contributed by atoms with Gasteiger partial charge in [-0.05, 0) is 483 Å². The molecule has 4 fully saturated rings. The van der Waals surface area contributed by atoms with E-state index in [1.807, 2.05) is 6.92 Å². The fourth-order valence-corrected chi connectivity index (χ4v) is 14.3. The standard InChI is InChI=1S/C71H60O12.C48H26O8.60H2/c1-7-9-11-13-15-17-19-21-23-25-27-29-31-33-35-40-65(73)78-53-60(54-79-66(74)41-36-34-32-30-28-26-24-22-20-18-16-14-12-10-8-2)82-68(76)51-56(3)39-37-38-42-67(75)80-55-81-69(77)83-59-47-49-70(5)58(52-59)43-44-61-63-46-45-62(57(4)72)71(63,6)50-48-64(61)70;1-4-6-8-10-12-14-16-18-20-22-24-26-28-30-32-38-46(51)54-41-44(56-48(53)40-43(3)36-34-35-37-45(49)50)42-55-47(52)39-33-31-29-27-25-23-21-19-17-15-13-11-9-7-5-2;;;;;;;;;;;;;;;;;;;;;;;;;;;;;;;;;;;;;;;;;;;;;;;;;;;;;;;;;;;;/h56,58-64H,37-39,42-55H2,1-6H3;43-44H,34-37,40-42H2,1-3H3,(H,49,50);60*1H/t56?,58-,59+,61-,62+,63-,64-,70-,71+;;;;;;;;;;;;;;;;;;;;;;;;;;;;;;;;;;;;;;;;;;;;;;;;;;;;;;;;;;;;;/m0............................................................./s1. The molecule has 0 spiro atoms. The van der Waals surface area contributed by atoms with Gasteiger partial charge in [0.05, 0.1) is 0 Å². The minimum absolute atomic E-state index is 0. The maximum Gasteiger partial charge on any atom is 0.511 e. The van der Waals surface area contributed by atoms with Crippen LogP contribution in [0.1, 0.15) is 270 Å². The number of carboxylic acids is 1. The average Bonchev–Trinajstić information content (AvgIpc) is 1.59. The minimum atomic E-state index is -1.24. The van der Waals surface area contributed by atoms with Crippen molar-refractivity contribution in [3.8, 4) is 379 Å². The number of carbonyl (C=O) groups excluding carboxylic acids is 9. The van der Waals surface area contributed by atoms with Crippen LogP contribution in [-0.2, 0) is 85.8 Å². The monoisotopic (exact) mass is 1960 g/mol. The highest BCUT2D eigenvalue weighted by Crippen LogP contribution is 2.67. The zero-order valence-electron chi connectivity index (χ0n) is 77.9. The van der Waals surface area contributed by atoms with Crippen LogP contribution in [0.3, 0.4) is 0 Å². The summed E-state index contributed by atoms with van der Waals surface area (Å²) in [6.07, 6.45) is 8.83. The van der Waals surface area contributed by atoms with Crippen molar-refractivity contribution in [3.05, 3.63) is 0 Å². The molecule has 4 aliphatic rings. The maximum atomic E-state index is 13.0. The van der Waals surface area contributed by atoms with Crippen molar-refractivity contribution in [2.45, 2.75) is 203 Å². The molecule has 4 aliphatic carbocycles. The van der Waals surface area contributed by atoms with Crippen molar-refractivity contribution < 1.29 is 181 Å². The first kappa shape index (κ1) is 114.